The van der Waals surface area contributed by atoms with Crippen LogP contribution in [0.4, 0.5) is 0 Å². The molecule has 0 spiro atoms. The summed E-state index contributed by atoms with van der Waals surface area (Å²) in [6, 6.07) is 10.4. The minimum absolute atomic E-state index is 0.495. The van der Waals surface area contributed by atoms with Crippen LogP contribution in [0, 0.1) is 18.3 Å². The normalized spacial score (nSPS) is 11.2. The Bertz CT molecular complexity index is 803. The number of fused-ring (bicyclic) bond motifs is 1. The predicted molar refractivity (Wildman–Crippen MR) is 79.8 cm³/mol. The van der Waals surface area contributed by atoms with Crippen LogP contribution in [-0.2, 0) is 0 Å². The highest BCUT2D eigenvalue weighted by Gasteiger charge is 2.16. The van der Waals surface area contributed by atoms with Gasteiger partial charge in [0.2, 0.25) is 4.96 Å². The molecule has 1 aromatic carbocycles. The van der Waals surface area contributed by atoms with Gasteiger partial charge in [-0.05, 0) is 18.4 Å². The van der Waals surface area contributed by atoms with Crippen molar-refractivity contribution in [1.82, 2.24) is 14.6 Å². The Labute approximate surface area is 121 Å². The lowest BCUT2D eigenvalue weighted by Gasteiger charge is -2.05. The molecule has 2 heterocycles. The number of hydrogen-bond acceptors (Lipinski definition) is 4. The average Bonchev–Trinajstić information content (AvgIpc) is 2.94. The van der Waals surface area contributed by atoms with Gasteiger partial charge in [0.05, 0.1) is 0 Å². The summed E-state index contributed by atoms with van der Waals surface area (Å²) in [6.07, 6.45) is 0. The zero-order valence-electron chi connectivity index (χ0n) is 11.6. The van der Waals surface area contributed by atoms with Gasteiger partial charge >= 0.3 is 0 Å². The van der Waals surface area contributed by atoms with Crippen molar-refractivity contribution in [3.63, 3.8) is 0 Å². The summed E-state index contributed by atoms with van der Waals surface area (Å²) in [7, 11) is 0. The van der Waals surface area contributed by atoms with Crippen LogP contribution in [0.3, 0.4) is 0 Å². The Balaban J connectivity index is 2.14. The van der Waals surface area contributed by atoms with Gasteiger partial charge in [-0.15, -0.1) is 0 Å². The minimum Gasteiger partial charge on any atom is -0.216 e. The monoisotopic (exact) mass is 282 g/mol. The number of nitriles is 1. The third kappa shape index (κ3) is 1.98. The smallest absolute Gasteiger partial charge is 0.213 e. The Morgan fingerprint density at radius 2 is 1.95 bits per heavy atom. The van der Waals surface area contributed by atoms with E-state index in [2.05, 4.69) is 42.1 Å². The summed E-state index contributed by atoms with van der Waals surface area (Å²) in [5, 5.41) is 14.6. The van der Waals surface area contributed by atoms with E-state index < -0.39 is 0 Å². The summed E-state index contributed by atoms with van der Waals surface area (Å²) in [5.74, 6) is 0.495. The van der Waals surface area contributed by atoms with Gasteiger partial charge in [0.15, 0.2) is 5.69 Å². The molecule has 4 nitrogen and oxygen atoms in total. The maximum Gasteiger partial charge on any atom is 0.213 e. The molecule has 0 saturated heterocycles. The second-order valence-corrected chi connectivity index (χ2v) is 6.17. The largest absolute Gasteiger partial charge is 0.216 e. The number of aryl methyl sites for hydroxylation is 1. The van der Waals surface area contributed by atoms with Crippen LogP contribution in [0.25, 0.3) is 16.2 Å². The van der Waals surface area contributed by atoms with Crippen LogP contribution in [0.5, 0.6) is 0 Å². The molecule has 0 aliphatic rings. The van der Waals surface area contributed by atoms with E-state index >= 15 is 0 Å². The molecule has 3 rings (SSSR count). The molecule has 100 valence electrons. The molecule has 0 atom stereocenters. The zero-order valence-corrected chi connectivity index (χ0v) is 12.4. The molecule has 0 aliphatic carbocycles. The summed E-state index contributed by atoms with van der Waals surface area (Å²) in [5.41, 5.74) is 3.45. The lowest BCUT2D eigenvalue weighted by atomic mass is 10.0. The molecule has 20 heavy (non-hydrogen) atoms. The molecule has 0 radical (unpaired) electrons. The highest BCUT2D eigenvalue weighted by Crippen LogP contribution is 2.27. The molecule has 0 saturated carbocycles. The van der Waals surface area contributed by atoms with Gasteiger partial charge in [-0.1, -0.05) is 49.4 Å². The maximum atomic E-state index is 9.37. The molecule has 0 N–H and O–H groups in total. The molecule has 5 heteroatoms. The first-order valence-corrected chi connectivity index (χ1v) is 7.28. The maximum absolute atomic E-state index is 9.37. The fourth-order valence-corrected chi connectivity index (χ4v) is 2.91. The lowest BCUT2D eigenvalue weighted by molar-refractivity contribution is 0.867. The summed E-state index contributed by atoms with van der Waals surface area (Å²) in [6.45, 7) is 6.24. The molecular weight excluding hydrogens is 268 g/mol. The van der Waals surface area contributed by atoms with Gasteiger partial charge in [-0.25, -0.2) is 4.98 Å². The van der Waals surface area contributed by atoms with E-state index in [4.69, 9.17) is 0 Å². The van der Waals surface area contributed by atoms with Crippen molar-refractivity contribution in [2.24, 2.45) is 0 Å². The summed E-state index contributed by atoms with van der Waals surface area (Å²) < 4.78 is 1.63. The highest BCUT2D eigenvalue weighted by molar-refractivity contribution is 7.16. The molecule has 0 aliphatic heterocycles. The fourth-order valence-electron chi connectivity index (χ4n) is 2.17. The van der Waals surface area contributed by atoms with Gasteiger partial charge in [0.1, 0.15) is 16.8 Å². The van der Waals surface area contributed by atoms with E-state index in [1.165, 1.54) is 16.9 Å². The van der Waals surface area contributed by atoms with E-state index in [1.54, 1.807) is 4.52 Å². The second kappa shape index (κ2) is 4.73. The van der Waals surface area contributed by atoms with Gasteiger partial charge in [0, 0.05) is 5.56 Å². The summed E-state index contributed by atoms with van der Waals surface area (Å²) in [4.78, 5) is 5.31. The van der Waals surface area contributed by atoms with Crippen molar-refractivity contribution in [2.45, 2.75) is 26.7 Å². The number of aromatic nitrogens is 3. The van der Waals surface area contributed by atoms with Crippen molar-refractivity contribution < 1.29 is 0 Å². The van der Waals surface area contributed by atoms with E-state index in [0.29, 0.717) is 17.3 Å². The van der Waals surface area contributed by atoms with Crippen LogP contribution in [0.1, 0.15) is 36.0 Å². The van der Waals surface area contributed by atoms with Crippen LogP contribution in [0.15, 0.2) is 24.3 Å². The standard InChI is InChI=1S/C15H14N4S/c1-9(2)11-4-6-12(7-5-11)14-13(8-16)19-15(17-14)20-10(3)18-19/h4-7,9H,1-3H3. The first-order valence-electron chi connectivity index (χ1n) is 6.46. The van der Waals surface area contributed by atoms with Crippen LogP contribution in [-0.4, -0.2) is 14.6 Å². The predicted octanol–water partition coefficient (Wildman–Crippen LogP) is 3.76. The molecule has 0 bridgehead atoms. The van der Waals surface area contributed by atoms with E-state index in [1.807, 2.05) is 19.1 Å². The first-order chi connectivity index (χ1) is 9.60. The molecule has 0 unspecified atom stereocenters. The number of nitrogens with zero attached hydrogens (tertiary/aromatic N) is 4. The van der Waals surface area contributed by atoms with Crippen LogP contribution in [0.2, 0.25) is 0 Å². The van der Waals surface area contributed by atoms with Gasteiger partial charge < -0.3 is 0 Å². The number of imidazole rings is 1. The molecule has 2 aromatic heterocycles. The van der Waals surface area contributed by atoms with Crippen molar-refractivity contribution in [1.29, 1.82) is 5.26 Å². The third-order valence-electron chi connectivity index (χ3n) is 3.26. The molecule has 0 amide bonds. The van der Waals surface area contributed by atoms with Gasteiger partial charge in [0.25, 0.3) is 0 Å². The minimum atomic E-state index is 0.495. The first kappa shape index (κ1) is 12.8. The van der Waals surface area contributed by atoms with Crippen molar-refractivity contribution in [2.75, 3.05) is 0 Å². The van der Waals surface area contributed by atoms with Crippen molar-refractivity contribution >= 4 is 16.3 Å². The van der Waals surface area contributed by atoms with E-state index in [-0.39, 0.29) is 0 Å². The Kier molecular flexibility index (Phi) is 3.03. The Hall–Kier alpha value is -2.19. The molecular formula is C15H14N4S. The van der Waals surface area contributed by atoms with Gasteiger partial charge in [-0.2, -0.15) is 14.9 Å². The number of hydrogen-bond donors (Lipinski definition) is 0. The van der Waals surface area contributed by atoms with Gasteiger partial charge in [-0.3, -0.25) is 0 Å². The van der Waals surface area contributed by atoms with E-state index in [9.17, 15) is 5.26 Å². The lowest BCUT2D eigenvalue weighted by Crippen LogP contribution is -1.91. The van der Waals surface area contributed by atoms with E-state index in [0.717, 1.165) is 15.5 Å². The highest BCUT2D eigenvalue weighted by atomic mass is 32.1. The summed E-state index contributed by atoms with van der Waals surface area (Å²) >= 11 is 1.49. The molecule has 3 aromatic rings. The zero-order chi connectivity index (χ0) is 14.3. The third-order valence-corrected chi connectivity index (χ3v) is 4.09. The van der Waals surface area contributed by atoms with Crippen LogP contribution >= 0.6 is 11.3 Å². The second-order valence-electron chi connectivity index (χ2n) is 5.01. The average molecular weight is 282 g/mol. The Morgan fingerprint density at radius 1 is 1.25 bits per heavy atom. The van der Waals surface area contributed by atoms with Crippen molar-refractivity contribution in [3.8, 4) is 17.3 Å². The Morgan fingerprint density at radius 3 is 2.55 bits per heavy atom. The number of benzene rings is 1. The fraction of sp³-hybridized carbons (Fsp3) is 0.267. The quantitative estimate of drug-likeness (QED) is 0.719. The number of rotatable bonds is 2. The topological polar surface area (TPSA) is 54.0 Å². The molecule has 0 fully saturated rings. The van der Waals surface area contributed by atoms with Crippen molar-refractivity contribution in [3.05, 3.63) is 40.5 Å². The SMILES string of the molecule is Cc1nn2c(C#N)c(-c3ccc(C(C)C)cc3)nc2s1. The van der Waals surface area contributed by atoms with Crippen LogP contribution < -0.4 is 0 Å².